The van der Waals surface area contributed by atoms with Gasteiger partial charge in [0.05, 0.1) is 11.5 Å². The van der Waals surface area contributed by atoms with E-state index in [-0.39, 0.29) is 10.7 Å². The van der Waals surface area contributed by atoms with Gasteiger partial charge >= 0.3 is 0 Å². The van der Waals surface area contributed by atoms with E-state index in [1.54, 1.807) is 6.07 Å². The molecule has 1 N–H and O–H groups in total. The lowest BCUT2D eigenvalue weighted by Crippen LogP contribution is -2.11. The highest BCUT2D eigenvalue weighted by atomic mass is 35.5. The normalized spacial score (nSPS) is 14.2. The van der Waals surface area contributed by atoms with Gasteiger partial charge in [0.15, 0.2) is 0 Å². The molecule has 0 amide bonds. The highest BCUT2D eigenvalue weighted by molar-refractivity contribution is 6.32. The molecule has 0 atom stereocenters. The van der Waals surface area contributed by atoms with Crippen LogP contribution in [0.3, 0.4) is 0 Å². The van der Waals surface area contributed by atoms with Crippen LogP contribution in [0.1, 0.15) is 0 Å². The van der Waals surface area contributed by atoms with Crippen LogP contribution in [0.2, 0.25) is 5.02 Å². The molecule has 16 heavy (non-hydrogen) atoms. The quantitative estimate of drug-likeness (QED) is 0.635. The number of nitrogens with zero attached hydrogens (tertiary/aromatic N) is 2. The molecule has 1 heterocycles. The van der Waals surface area contributed by atoms with Crippen molar-refractivity contribution >= 4 is 29.0 Å². The van der Waals surface area contributed by atoms with E-state index in [2.05, 4.69) is 10.3 Å². The van der Waals surface area contributed by atoms with Gasteiger partial charge in [-0.15, -0.1) is 0 Å². The fourth-order valence-corrected chi connectivity index (χ4v) is 1.45. The van der Waals surface area contributed by atoms with Gasteiger partial charge in [0.1, 0.15) is 11.6 Å². The first-order chi connectivity index (χ1) is 7.66. The minimum atomic E-state index is -0.537. The predicted molar refractivity (Wildman–Crippen MR) is 60.0 cm³/mol. The molecule has 84 valence electrons. The summed E-state index contributed by atoms with van der Waals surface area (Å²) in [6.07, 6.45) is 0. The molecule has 0 spiro atoms. The molecule has 0 bridgehead atoms. The van der Waals surface area contributed by atoms with E-state index in [4.69, 9.17) is 16.3 Å². The van der Waals surface area contributed by atoms with E-state index in [9.17, 15) is 10.1 Å². The zero-order chi connectivity index (χ0) is 11.5. The maximum Gasteiger partial charge on any atom is 0.289 e. The average Bonchev–Trinajstić information content (AvgIpc) is 2.73. The minimum Gasteiger partial charge on any atom is -0.463 e. The smallest absolute Gasteiger partial charge is 0.289 e. The molecular formula is C9H8ClN3O3. The lowest BCUT2D eigenvalue weighted by molar-refractivity contribution is -0.384. The van der Waals surface area contributed by atoms with Crippen molar-refractivity contribution in [3.63, 3.8) is 0 Å². The average molecular weight is 242 g/mol. The van der Waals surface area contributed by atoms with Crippen LogP contribution in [0, 0.1) is 10.1 Å². The van der Waals surface area contributed by atoms with Crippen molar-refractivity contribution in [3.05, 3.63) is 33.3 Å². The number of nitro groups is 1. The van der Waals surface area contributed by atoms with Gasteiger partial charge in [0.25, 0.3) is 11.7 Å². The number of halogens is 1. The van der Waals surface area contributed by atoms with Gasteiger partial charge in [-0.25, -0.2) is 4.99 Å². The minimum absolute atomic E-state index is 0.102. The third-order valence-corrected chi connectivity index (χ3v) is 2.30. The van der Waals surface area contributed by atoms with E-state index in [0.29, 0.717) is 24.9 Å². The van der Waals surface area contributed by atoms with Gasteiger partial charge in [0.2, 0.25) is 0 Å². The molecular weight excluding hydrogens is 234 g/mol. The molecule has 6 nitrogen and oxygen atoms in total. The van der Waals surface area contributed by atoms with E-state index < -0.39 is 4.92 Å². The van der Waals surface area contributed by atoms with Crippen LogP contribution < -0.4 is 5.32 Å². The van der Waals surface area contributed by atoms with Crippen molar-refractivity contribution in [2.45, 2.75) is 0 Å². The fourth-order valence-electron chi connectivity index (χ4n) is 1.26. The van der Waals surface area contributed by atoms with Crippen LogP contribution in [-0.4, -0.2) is 24.1 Å². The van der Waals surface area contributed by atoms with Gasteiger partial charge in [-0.05, 0) is 12.1 Å². The molecule has 2 rings (SSSR count). The molecule has 0 radical (unpaired) electrons. The molecule has 0 unspecified atom stereocenters. The molecule has 0 fully saturated rings. The zero-order valence-electron chi connectivity index (χ0n) is 8.14. The Bertz CT molecular complexity index is 461. The fraction of sp³-hybridized carbons (Fsp3) is 0.222. The Hall–Kier alpha value is -1.82. The number of hydrogen-bond acceptors (Lipinski definition) is 5. The van der Waals surface area contributed by atoms with Gasteiger partial charge < -0.3 is 10.1 Å². The summed E-state index contributed by atoms with van der Waals surface area (Å²) in [5, 5.41) is 13.6. The Kier molecular flexibility index (Phi) is 2.91. The summed E-state index contributed by atoms with van der Waals surface area (Å²) >= 11 is 5.68. The van der Waals surface area contributed by atoms with Crippen molar-refractivity contribution in [3.8, 4) is 0 Å². The molecule has 0 aromatic heterocycles. The largest absolute Gasteiger partial charge is 0.463 e. The van der Waals surface area contributed by atoms with Gasteiger partial charge in [-0.2, -0.15) is 0 Å². The Morgan fingerprint density at radius 3 is 3.00 bits per heavy atom. The Labute approximate surface area is 96.0 Å². The summed E-state index contributed by atoms with van der Waals surface area (Å²) < 4.78 is 5.12. The number of nitro benzene ring substituents is 1. The summed E-state index contributed by atoms with van der Waals surface area (Å²) in [7, 11) is 0. The summed E-state index contributed by atoms with van der Waals surface area (Å²) in [5.74, 6) is 0. The van der Waals surface area contributed by atoms with E-state index in [1.165, 1.54) is 12.1 Å². The second kappa shape index (κ2) is 4.36. The standard InChI is InChI=1S/C9H8ClN3O3/c10-7-2-1-6(5-8(7)13(14)15)12-9-11-3-4-16-9/h1-2,5H,3-4H2,(H,11,12). The Morgan fingerprint density at radius 2 is 2.38 bits per heavy atom. The first kappa shape index (κ1) is 10.7. The lowest BCUT2D eigenvalue weighted by Gasteiger charge is -2.05. The first-order valence-electron chi connectivity index (χ1n) is 4.55. The molecule has 0 aliphatic carbocycles. The SMILES string of the molecule is O=[N+]([O-])c1cc(NC2=NCCO2)ccc1Cl. The van der Waals surface area contributed by atoms with Crippen molar-refractivity contribution in [2.75, 3.05) is 18.5 Å². The highest BCUT2D eigenvalue weighted by Crippen LogP contribution is 2.27. The Balaban J connectivity index is 2.22. The second-order valence-corrected chi connectivity index (χ2v) is 3.49. The molecule has 1 aromatic rings. The zero-order valence-corrected chi connectivity index (χ0v) is 8.90. The van der Waals surface area contributed by atoms with Crippen LogP contribution in [-0.2, 0) is 4.74 Å². The maximum absolute atomic E-state index is 10.6. The number of ether oxygens (including phenoxy) is 1. The topological polar surface area (TPSA) is 76.8 Å². The predicted octanol–water partition coefficient (Wildman–Crippen LogP) is 2.05. The van der Waals surface area contributed by atoms with E-state index in [1.807, 2.05) is 0 Å². The van der Waals surface area contributed by atoms with Crippen molar-refractivity contribution in [1.29, 1.82) is 0 Å². The summed E-state index contributed by atoms with van der Waals surface area (Å²) in [5.41, 5.74) is 0.377. The first-order valence-corrected chi connectivity index (χ1v) is 4.93. The third-order valence-electron chi connectivity index (χ3n) is 1.98. The van der Waals surface area contributed by atoms with Crippen LogP contribution in [0.4, 0.5) is 11.4 Å². The monoisotopic (exact) mass is 241 g/mol. The maximum atomic E-state index is 10.6. The van der Waals surface area contributed by atoms with Gasteiger partial charge in [0, 0.05) is 11.8 Å². The number of hydrogen-bond donors (Lipinski definition) is 1. The lowest BCUT2D eigenvalue weighted by atomic mass is 10.3. The van der Waals surface area contributed by atoms with Crippen LogP contribution in [0.5, 0.6) is 0 Å². The number of rotatable bonds is 2. The van der Waals surface area contributed by atoms with Crippen LogP contribution >= 0.6 is 11.6 Å². The molecule has 0 saturated heterocycles. The second-order valence-electron chi connectivity index (χ2n) is 3.08. The molecule has 1 aliphatic rings. The third kappa shape index (κ3) is 2.22. The van der Waals surface area contributed by atoms with E-state index >= 15 is 0 Å². The molecule has 0 saturated carbocycles. The molecule has 7 heteroatoms. The number of amidine groups is 1. The van der Waals surface area contributed by atoms with Crippen LogP contribution in [0.15, 0.2) is 23.2 Å². The Morgan fingerprint density at radius 1 is 1.56 bits per heavy atom. The number of nitrogens with one attached hydrogen (secondary N) is 1. The van der Waals surface area contributed by atoms with Crippen molar-refractivity contribution in [2.24, 2.45) is 4.99 Å². The van der Waals surface area contributed by atoms with E-state index in [0.717, 1.165) is 0 Å². The van der Waals surface area contributed by atoms with Gasteiger partial charge in [-0.3, -0.25) is 10.1 Å². The number of benzene rings is 1. The molecule has 1 aliphatic heterocycles. The number of anilines is 1. The summed E-state index contributed by atoms with van der Waals surface area (Å²) in [4.78, 5) is 14.1. The molecule has 1 aromatic carbocycles. The van der Waals surface area contributed by atoms with Crippen molar-refractivity contribution in [1.82, 2.24) is 0 Å². The summed E-state index contributed by atoms with van der Waals surface area (Å²) in [6, 6.07) is 4.79. The number of aliphatic imine (C=N–C) groups is 1. The highest BCUT2D eigenvalue weighted by Gasteiger charge is 2.14. The van der Waals surface area contributed by atoms with Crippen molar-refractivity contribution < 1.29 is 9.66 Å². The van der Waals surface area contributed by atoms with Crippen LogP contribution in [0.25, 0.3) is 0 Å². The summed E-state index contributed by atoms with van der Waals surface area (Å²) in [6.45, 7) is 1.12. The van der Waals surface area contributed by atoms with Gasteiger partial charge in [-0.1, -0.05) is 11.6 Å².